The van der Waals surface area contributed by atoms with Gasteiger partial charge in [-0.25, -0.2) is 14.8 Å². The second-order valence-corrected chi connectivity index (χ2v) is 4.76. The van der Waals surface area contributed by atoms with Crippen molar-refractivity contribution in [3.8, 4) is 0 Å². The van der Waals surface area contributed by atoms with E-state index in [2.05, 4.69) is 15.3 Å². The number of nitrogens with two attached hydrogens (primary N) is 1. The first-order valence-corrected chi connectivity index (χ1v) is 6.20. The number of carbonyl (C=O) groups is 1. The van der Waals surface area contributed by atoms with Crippen molar-refractivity contribution in [3.63, 3.8) is 0 Å². The van der Waals surface area contributed by atoms with Crippen LogP contribution in [0.2, 0.25) is 0 Å². The van der Waals surface area contributed by atoms with Gasteiger partial charge in [0.2, 0.25) is 5.95 Å². The second-order valence-electron chi connectivity index (χ2n) is 4.76. The lowest BCUT2D eigenvalue weighted by atomic mass is 10.1. The topological polar surface area (TPSA) is 99.4 Å². The highest BCUT2D eigenvalue weighted by molar-refractivity contribution is 5.67. The van der Waals surface area contributed by atoms with Crippen molar-refractivity contribution in [3.05, 3.63) is 18.0 Å². The molecule has 1 amide bonds. The number of carbonyl (C=O) groups excluding carboxylic acids is 1. The molecular weight excluding hydrogens is 248 g/mol. The van der Waals surface area contributed by atoms with Crippen LogP contribution in [0.1, 0.15) is 31.9 Å². The number of alkyl carbamates (subject to hydrolysis) is 1. The highest BCUT2D eigenvalue weighted by atomic mass is 16.6. The summed E-state index contributed by atoms with van der Waals surface area (Å²) in [7, 11) is 0. The van der Waals surface area contributed by atoms with Crippen LogP contribution in [0, 0.1) is 0 Å². The summed E-state index contributed by atoms with van der Waals surface area (Å²) in [5.41, 5.74) is 6.26. The molecule has 0 aliphatic carbocycles. The number of hydrogen-bond acceptors (Lipinski definition) is 6. The van der Waals surface area contributed by atoms with Crippen LogP contribution in [-0.4, -0.2) is 34.8 Å². The quantitative estimate of drug-likeness (QED) is 0.847. The molecule has 2 rings (SSSR count). The molecule has 1 saturated heterocycles. The summed E-state index contributed by atoms with van der Waals surface area (Å²) in [5, 5.41) is 2.67. The number of rotatable bonds is 3. The summed E-state index contributed by atoms with van der Waals surface area (Å²) >= 11 is 0. The van der Waals surface area contributed by atoms with Crippen molar-refractivity contribution in [2.75, 3.05) is 12.3 Å². The molecule has 1 aliphatic heterocycles. The highest BCUT2D eigenvalue weighted by Crippen LogP contribution is 2.29. The number of nitrogen functional groups attached to an aromatic ring is 1. The van der Waals surface area contributed by atoms with Gasteiger partial charge in [0, 0.05) is 30.4 Å². The molecule has 0 radical (unpaired) electrons. The van der Waals surface area contributed by atoms with Gasteiger partial charge >= 0.3 is 6.09 Å². The van der Waals surface area contributed by atoms with Crippen LogP contribution in [-0.2, 0) is 9.47 Å². The van der Waals surface area contributed by atoms with Crippen LogP contribution in [0.15, 0.2) is 12.4 Å². The molecule has 19 heavy (non-hydrogen) atoms. The Bertz CT molecular complexity index is 435. The standard InChI is InChI=1S/C12H18N4O3/c1-7(2)16-12(17)19-9-3-10(18-6-9)8-4-14-11(13)15-5-8/h4-5,7,9-10H,3,6H2,1-2H3,(H,16,17)(H2,13,14,15)/t9-,10-/m0/s1. The number of nitrogens with zero attached hydrogens (tertiary/aromatic N) is 2. The van der Waals surface area contributed by atoms with Gasteiger partial charge in [-0.3, -0.25) is 0 Å². The van der Waals surface area contributed by atoms with Crippen LogP contribution in [0.25, 0.3) is 0 Å². The lowest BCUT2D eigenvalue weighted by molar-refractivity contribution is 0.0690. The predicted molar refractivity (Wildman–Crippen MR) is 68.3 cm³/mol. The Balaban J connectivity index is 1.86. The third-order valence-corrected chi connectivity index (χ3v) is 2.70. The lowest BCUT2D eigenvalue weighted by Gasteiger charge is -2.13. The molecule has 0 bridgehead atoms. The first-order chi connectivity index (χ1) is 9.04. The Kier molecular flexibility index (Phi) is 4.16. The van der Waals surface area contributed by atoms with Gasteiger partial charge in [-0.1, -0.05) is 0 Å². The lowest BCUT2D eigenvalue weighted by Crippen LogP contribution is -2.33. The zero-order valence-corrected chi connectivity index (χ0v) is 11.0. The number of aromatic nitrogens is 2. The second kappa shape index (κ2) is 5.83. The van der Waals surface area contributed by atoms with Crippen molar-refractivity contribution in [2.24, 2.45) is 0 Å². The van der Waals surface area contributed by atoms with Gasteiger partial charge in [-0.2, -0.15) is 0 Å². The molecule has 1 fully saturated rings. The fraction of sp³-hybridized carbons (Fsp3) is 0.583. The molecule has 104 valence electrons. The first kappa shape index (κ1) is 13.5. The van der Waals surface area contributed by atoms with Crippen molar-refractivity contribution in [2.45, 2.75) is 38.5 Å². The highest BCUT2D eigenvalue weighted by Gasteiger charge is 2.30. The van der Waals surface area contributed by atoms with E-state index in [1.54, 1.807) is 12.4 Å². The van der Waals surface area contributed by atoms with Crippen molar-refractivity contribution in [1.82, 2.24) is 15.3 Å². The summed E-state index contributed by atoms with van der Waals surface area (Å²) < 4.78 is 10.8. The van der Waals surface area contributed by atoms with Crippen LogP contribution in [0.4, 0.5) is 10.7 Å². The third-order valence-electron chi connectivity index (χ3n) is 2.70. The Hall–Kier alpha value is -1.89. The minimum atomic E-state index is -0.419. The normalized spacial score (nSPS) is 22.5. The molecule has 0 spiro atoms. The van der Waals surface area contributed by atoms with Gasteiger partial charge in [0.1, 0.15) is 6.10 Å². The van der Waals surface area contributed by atoms with Gasteiger partial charge in [0.25, 0.3) is 0 Å². The molecule has 1 aromatic heterocycles. The number of amides is 1. The zero-order valence-electron chi connectivity index (χ0n) is 11.0. The fourth-order valence-corrected chi connectivity index (χ4v) is 1.85. The van der Waals surface area contributed by atoms with Crippen LogP contribution in [0.3, 0.4) is 0 Å². The fourth-order valence-electron chi connectivity index (χ4n) is 1.85. The summed E-state index contributed by atoms with van der Waals surface area (Å²) in [6.45, 7) is 4.13. The zero-order chi connectivity index (χ0) is 13.8. The maximum Gasteiger partial charge on any atom is 0.407 e. The SMILES string of the molecule is CC(C)NC(=O)O[C@@H]1CO[C@H](c2cnc(N)nc2)C1. The van der Waals surface area contributed by atoms with Crippen molar-refractivity contribution in [1.29, 1.82) is 0 Å². The van der Waals surface area contributed by atoms with E-state index in [9.17, 15) is 4.79 Å². The smallest absolute Gasteiger partial charge is 0.407 e. The summed E-state index contributed by atoms with van der Waals surface area (Å²) in [6, 6.07) is 0.0520. The van der Waals surface area contributed by atoms with Crippen LogP contribution >= 0.6 is 0 Å². The molecule has 7 heteroatoms. The Morgan fingerprint density at radius 3 is 2.84 bits per heavy atom. The van der Waals surface area contributed by atoms with E-state index < -0.39 is 6.09 Å². The van der Waals surface area contributed by atoms with Crippen molar-refractivity contribution >= 4 is 12.0 Å². The minimum Gasteiger partial charge on any atom is -0.444 e. The molecular formula is C12H18N4O3. The van der Waals surface area contributed by atoms with E-state index in [1.807, 2.05) is 13.8 Å². The number of anilines is 1. The third kappa shape index (κ3) is 3.78. The summed E-state index contributed by atoms with van der Waals surface area (Å²) in [4.78, 5) is 19.3. The van der Waals surface area contributed by atoms with E-state index in [-0.39, 0.29) is 24.2 Å². The van der Waals surface area contributed by atoms with Crippen LogP contribution < -0.4 is 11.1 Å². The maximum atomic E-state index is 11.5. The molecule has 1 aliphatic rings. The summed E-state index contributed by atoms with van der Waals surface area (Å²) in [5.74, 6) is 0.228. The molecule has 2 heterocycles. The average Bonchev–Trinajstić information content (AvgIpc) is 2.77. The van der Waals surface area contributed by atoms with E-state index in [0.717, 1.165) is 5.56 Å². The molecule has 0 aromatic carbocycles. The molecule has 1 aromatic rings. The minimum absolute atomic E-state index is 0.0520. The molecule has 3 N–H and O–H groups in total. The van der Waals surface area contributed by atoms with E-state index >= 15 is 0 Å². The predicted octanol–water partition coefficient (Wildman–Crippen LogP) is 1.02. The number of nitrogens with one attached hydrogen (secondary N) is 1. The van der Waals surface area contributed by atoms with E-state index in [1.165, 1.54) is 0 Å². The average molecular weight is 266 g/mol. The molecule has 0 unspecified atom stereocenters. The number of hydrogen-bond donors (Lipinski definition) is 2. The van der Waals surface area contributed by atoms with Crippen LogP contribution in [0.5, 0.6) is 0 Å². The van der Waals surface area contributed by atoms with Gasteiger partial charge < -0.3 is 20.5 Å². The Labute approximate surface area is 111 Å². The Morgan fingerprint density at radius 2 is 2.21 bits per heavy atom. The largest absolute Gasteiger partial charge is 0.444 e. The Morgan fingerprint density at radius 1 is 1.53 bits per heavy atom. The van der Waals surface area contributed by atoms with E-state index in [4.69, 9.17) is 15.2 Å². The number of ether oxygens (including phenoxy) is 2. The maximum absolute atomic E-state index is 11.5. The van der Waals surface area contributed by atoms with Gasteiger partial charge in [0.15, 0.2) is 0 Å². The monoisotopic (exact) mass is 266 g/mol. The molecule has 2 atom stereocenters. The van der Waals surface area contributed by atoms with Crippen molar-refractivity contribution < 1.29 is 14.3 Å². The summed E-state index contributed by atoms with van der Waals surface area (Å²) in [6.07, 6.45) is 3.03. The first-order valence-electron chi connectivity index (χ1n) is 6.20. The van der Waals surface area contributed by atoms with Gasteiger partial charge in [0.05, 0.1) is 12.7 Å². The van der Waals surface area contributed by atoms with E-state index in [0.29, 0.717) is 13.0 Å². The molecule has 7 nitrogen and oxygen atoms in total. The van der Waals surface area contributed by atoms with Gasteiger partial charge in [-0.15, -0.1) is 0 Å². The molecule has 0 saturated carbocycles. The van der Waals surface area contributed by atoms with Gasteiger partial charge in [-0.05, 0) is 13.8 Å².